The minimum atomic E-state index is -1.03. The number of anilines is 1. The molecule has 3 N–H and O–H groups in total. The first-order valence-electron chi connectivity index (χ1n) is 4.25. The highest BCUT2D eigenvalue weighted by Crippen LogP contribution is 2.33. The predicted molar refractivity (Wildman–Crippen MR) is 61.8 cm³/mol. The molecule has 0 saturated carbocycles. The molecule has 2 aromatic rings. The minimum Gasteiger partial charge on any atom is -0.478 e. The van der Waals surface area contributed by atoms with Gasteiger partial charge in [0.2, 0.25) is 0 Å². The minimum absolute atomic E-state index is 0.106. The van der Waals surface area contributed by atoms with Crippen molar-refractivity contribution in [2.75, 3.05) is 5.73 Å². The number of para-hydroxylation sites is 1. The molecule has 82 valence electrons. The molecule has 1 aromatic heterocycles. The molecule has 0 aliphatic rings. The summed E-state index contributed by atoms with van der Waals surface area (Å²) in [7, 11) is 0. The van der Waals surface area contributed by atoms with Crippen LogP contribution in [0.25, 0.3) is 0 Å². The van der Waals surface area contributed by atoms with E-state index in [0.717, 1.165) is 4.34 Å². The number of rotatable bonds is 3. The van der Waals surface area contributed by atoms with Crippen molar-refractivity contribution >= 4 is 35.0 Å². The number of hydrogen-bond acceptors (Lipinski definition) is 6. The van der Waals surface area contributed by atoms with Crippen LogP contribution in [0.5, 0.6) is 0 Å². The topological polar surface area (TPSA) is 89.1 Å². The molecule has 0 amide bonds. The lowest BCUT2D eigenvalue weighted by atomic mass is 10.2. The molecule has 0 spiro atoms. The number of hydrogen-bond donors (Lipinski definition) is 2. The molecule has 0 aliphatic carbocycles. The molecule has 16 heavy (non-hydrogen) atoms. The third-order valence-electron chi connectivity index (χ3n) is 1.83. The van der Waals surface area contributed by atoms with Crippen molar-refractivity contribution in [2.45, 2.75) is 9.24 Å². The number of carbonyl (C=O) groups is 1. The molecule has 0 bridgehead atoms. The third kappa shape index (κ3) is 2.15. The molecule has 0 fully saturated rings. The Morgan fingerprint density at radius 3 is 2.94 bits per heavy atom. The molecule has 2 rings (SSSR count). The van der Waals surface area contributed by atoms with Gasteiger partial charge in [0.15, 0.2) is 4.34 Å². The zero-order valence-electron chi connectivity index (χ0n) is 7.95. The summed E-state index contributed by atoms with van der Waals surface area (Å²) in [5.41, 5.74) is 6.12. The highest BCUT2D eigenvalue weighted by atomic mass is 32.2. The van der Waals surface area contributed by atoms with Crippen molar-refractivity contribution < 1.29 is 9.90 Å². The number of aromatic nitrogens is 2. The first-order chi connectivity index (χ1) is 7.68. The summed E-state index contributed by atoms with van der Waals surface area (Å²) in [6, 6.07) is 4.89. The lowest BCUT2D eigenvalue weighted by Crippen LogP contribution is -2.03. The van der Waals surface area contributed by atoms with Gasteiger partial charge in [0.25, 0.3) is 0 Å². The summed E-state index contributed by atoms with van der Waals surface area (Å²) in [4.78, 5) is 15.5. The van der Waals surface area contributed by atoms with E-state index in [1.54, 1.807) is 12.1 Å². The smallest absolute Gasteiger partial charge is 0.337 e. The van der Waals surface area contributed by atoms with Gasteiger partial charge in [0.05, 0.1) is 11.3 Å². The zero-order chi connectivity index (χ0) is 11.5. The van der Waals surface area contributed by atoms with E-state index in [0.29, 0.717) is 4.90 Å². The van der Waals surface area contributed by atoms with Crippen LogP contribution >= 0.6 is 23.3 Å². The van der Waals surface area contributed by atoms with Crippen molar-refractivity contribution in [3.63, 3.8) is 0 Å². The van der Waals surface area contributed by atoms with E-state index >= 15 is 0 Å². The van der Waals surface area contributed by atoms with Gasteiger partial charge in [-0.15, -0.1) is 0 Å². The van der Waals surface area contributed by atoms with Gasteiger partial charge in [-0.2, -0.15) is 4.37 Å². The number of nitrogen functional groups attached to an aromatic ring is 1. The summed E-state index contributed by atoms with van der Waals surface area (Å²) in [6.45, 7) is 0. The van der Waals surface area contributed by atoms with E-state index < -0.39 is 5.97 Å². The first-order valence-corrected chi connectivity index (χ1v) is 5.84. The van der Waals surface area contributed by atoms with Crippen molar-refractivity contribution in [3.05, 3.63) is 30.1 Å². The Labute approximate surface area is 99.5 Å². The number of nitrogens with two attached hydrogens (primary N) is 1. The Balaban J connectivity index is 2.35. The fourth-order valence-electron chi connectivity index (χ4n) is 1.12. The van der Waals surface area contributed by atoms with Gasteiger partial charge < -0.3 is 10.8 Å². The van der Waals surface area contributed by atoms with Crippen molar-refractivity contribution in [1.29, 1.82) is 0 Å². The highest BCUT2D eigenvalue weighted by Gasteiger charge is 2.12. The van der Waals surface area contributed by atoms with Gasteiger partial charge in [0, 0.05) is 4.90 Å². The Kier molecular flexibility index (Phi) is 3.07. The molecule has 0 aliphatic heterocycles. The number of nitrogens with zero attached hydrogens (tertiary/aromatic N) is 2. The lowest BCUT2D eigenvalue weighted by Gasteiger charge is -2.05. The van der Waals surface area contributed by atoms with Gasteiger partial charge in [0.1, 0.15) is 6.33 Å². The second-order valence-electron chi connectivity index (χ2n) is 2.83. The number of aromatic carboxylic acids is 1. The van der Waals surface area contributed by atoms with Gasteiger partial charge in [-0.25, -0.2) is 9.78 Å². The maximum absolute atomic E-state index is 10.9. The summed E-state index contributed by atoms with van der Waals surface area (Å²) < 4.78 is 4.59. The van der Waals surface area contributed by atoms with Crippen LogP contribution in [0.4, 0.5) is 5.69 Å². The standard InChI is InChI=1S/C9H7N3O2S2/c10-7-5(8(13)14)2-1-3-6(7)15-9-11-4-12-16-9/h1-4H,10H2,(H,13,14). The fourth-order valence-corrected chi connectivity index (χ4v) is 2.60. The number of benzene rings is 1. The van der Waals surface area contributed by atoms with Crippen LogP contribution in [0.15, 0.2) is 33.8 Å². The van der Waals surface area contributed by atoms with E-state index in [1.165, 1.54) is 35.7 Å². The Morgan fingerprint density at radius 1 is 1.50 bits per heavy atom. The van der Waals surface area contributed by atoms with Crippen LogP contribution in [0.3, 0.4) is 0 Å². The van der Waals surface area contributed by atoms with Crippen molar-refractivity contribution in [1.82, 2.24) is 9.36 Å². The monoisotopic (exact) mass is 253 g/mol. The Morgan fingerprint density at radius 2 is 2.31 bits per heavy atom. The highest BCUT2D eigenvalue weighted by molar-refractivity contribution is 8.01. The Bertz CT molecular complexity index is 513. The van der Waals surface area contributed by atoms with Crippen LogP contribution in [-0.2, 0) is 0 Å². The third-order valence-corrected chi connectivity index (χ3v) is 3.63. The first kappa shape index (κ1) is 10.9. The average molecular weight is 253 g/mol. The molecule has 1 aromatic carbocycles. The van der Waals surface area contributed by atoms with Gasteiger partial charge >= 0.3 is 5.97 Å². The molecule has 1 heterocycles. The molecular formula is C9H7N3O2S2. The van der Waals surface area contributed by atoms with E-state index in [4.69, 9.17) is 10.8 Å². The number of carboxylic acid groups (broad SMARTS) is 1. The zero-order valence-corrected chi connectivity index (χ0v) is 9.59. The van der Waals surface area contributed by atoms with Crippen LogP contribution in [-0.4, -0.2) is 20.4 Å². The van der Waals surface area contributed by atoms with Gasteiger partial charge in [-0.3, -0.25) is 0 Å². The van der Waals surface area contributed by atoms with E-state index in [1.807, 2.05) is 0 Å². The molecule has 5 nitrogen and oxygen atoms in total. The molecule has 7 heteroatoms. The average Bonchev–Trinajstić information content (AvgIpc) is 2.73. The summed E-state index contributed by atoms with van der Waals surface area (Å²) in [5, 5.41) is 8.90. The fraction of sp³-hybridized carbons (Fsp3) is 0. The van der Waals surface area contributed by atoms with E-state index in [9.17, 15) is 4.79 Å². The summed E-state index contributed by atoms with van der Waals surface area (Å²) in [5.74, 6) is -1.03. The maximum atomic E-state index is 10.9. The van der Waals surface area contributed by atoms with Gasteiger partial charge in [-0.05, 0) is 23.7 Å². The molecular weight excluding hydrogens is 246 g/mol. The number of carboxylic acids is 1. The largest absolute Gasteiger partial charge is 0.478 e. The second-order valence-corrected chi connectivity index (χ2v) is 4.90. The van der Waals surface area contributed by atoms with Crippen LogP contribution in [0.1, 0.15) is 10.4 Å². The predicted octanol–water partition coefficient (Wildman–Crippen LogP) is 1.97. The van der Waals surface area contributed by atoms with Crippen LogP contribution in [0, 0.1) is 0 Å². The van der Waals surface area contributed by atoms with Crippen molar-refractivity contribution in [2.24, 2.45) is 0 Å². The molecule has 0 unspecified atom stereocenters. The summed E-state index contributed by atoms with van der Waals surface area (Å²) in [6.07, 6.45) is 1.45. The van der Waals surface area contributed by atoms with Crippen LogP contribution in [0.2, 0.25) is 0 Å². The lowest BCUT2D eigenvalue weighted by molar-refractivity contribution is 0.0698. The Hall–Kier alpha value is -1.60. The van der Waals surface area contributed by atoms with Gasteiger partial charge in [-0.1, -0.05) is 17.8 Å². The van der Waals surface area contributed by atoms with E-state index in [-0.39, 0.29) is 11.3 Å². The quantitative estimate of drug-likeness (QED) is 0.813. The maximum Gasteiger partial charge on any atom is 0.337 e. The normalized spacial score (nSPS) is 10.2. The second kappa shape index (κ2) is 4.50. The SMILES string of the molecule is Nc1c(Sc2ncns2)cccc1C(=O)O. The van der Waals surface area contributed by atoms with Crippen molar-refractivity contribution in [3.8, 4) is 0 Å². The summed E-state index contributed by atoms with van der Waals surface area (Å²) >= 11 is 2.55. The molecule has 0 radical (unpaired) electrons. The van der Waals surface area contributed by atoms with Crippen LogP contribution < -0.4 is 5.73 Å². The molecule has 0 saturated heterocycles. The van der Waals surface area contributed by atoms with E-state index in [2.05, 4.69) is 9.36 Å². The molecule has 0 atom stereocenters.